The van der Waals surface area contributed by atoms with Gasteiger partial charge < -0.3 is 15.1 Å². The lowest BCUT2D eigenvalue weighted by Crippen LogP contribution is -2.55. The van der Waals surface area contributed by atoms with E-state index in [-0.39, 0.29) is 30.9 Å². The molecule has 4 rings (SSSR count). The predicted octanol–water partition coefficient (Wildman–Crippen LogP) is 1.98. The van der Waals surface area contributed by atoms with Crippen molar-refractivity contribution in [3.8, 4) is 0 Å². The predicted molar refractivity (Wildman–Crippen MR) is 103 cm³/mol. The maximum Gasteiger partial charge on any atom is 0.278 e. The molecule has 6 nitrogen and oxygen atoms in total. The fourth-order valence-electron chi connectivity index (χ4n) is 4.62. The van der Waals surface area contributed by atoms with Crippen molar-refractivity contribution in [1.29, 1.82) is 0 Å². The summed E-state index contributed by atoms with van der Waals surface area (Å²) < 4.78 is 30.1. The van der Waals surface area contributed by atoms with Crippen LogP contribution in [0.3, 0.4) is 0 Å². The quantitative estimate of drug-likeness (QED) is 0.771. The number of hydrogen-bond acceptors (Lipinski definition) is 5. The van der Waals surface area contributed by atoms with E-state index < -0.39 is 17.9 Å². The lowest BCUT2D eigenvalue weighted by Gasteiger charge is -2.43. The maximum absolute atomic E-state index is 15.0. The normalized spacial score (nSPS) is 25.5. The van der Waals surface area contributed by atoms with E-state index in [1.165, 1.54) is 0 Å². The molecule has 0 bridgehead atoms. The van der Waals surface area contributed by atoms with E-state index in [0.717, 1.165) is 25.9 Å². The second kappa shape index (κ2) is 7.31. The highest BCUT2D eigenvalue weighted by atomic mass is 19.3. The van der Waals surface area contributed by atoms with Gasteiger partial charge in [-0.3, -0.25) is 14.9 Å². The SMILES string of the molecule is CNC1CCN(c2cccc3c2C(F)(F)CCN3C2CCC(=O)NC2=O)CC1. The summed E-state index contributed by atoms with van der Waals surface area (Å²) in [6.45, 7) is 1.53. The summed E-state index contributed by atoms with van der Waals surface area (Å²) >= 11 is 0. The molecular formula is C20H26F2N4O2. The van der Waals surface area contributed by atoms with Gasteiger partial charge in [-0.1, -0.05) is 6.07 Å². The molecule has 3 aliphatic heterocycles. The van der Waals surface area contributed by atoms with Crippen LogP contribution in [0.25, 0.3) is 0 Å². The monoisotopic (exact) mass is 392 g/mol. The number of imide groups is 1. The summed E-state index contributed by atoms with van der Waals surface area (Å²) in [6.07, 6.45) is 2.07. The summed E-state index contributed by atoms with van der Waals surface area (Å²) in [7, 11) is 1.93. The van der Waals surface area contributed by atoms with E-state index >= 15 is 8.78 Å². The Labute approximate surface area is 163 Å². The zero-order valence-electron chi connectivity index (χ0n) is 16.0. The molecule has 1 aromatic carbocycles. The van der Waals surface area contributed by atoms with E-state index in [9.17, 15) is 9.59 Å². The average Bonchev–Trinajstić information content (AvgIpc) is 2.68. The van der Waals surface area contributed by atoms with Gasteiger partial charge in [0.1, 0.15) is 6.04 Å². The molecule has 152 valence electrons. The van der Waals surface area contributed by atoms with Crippen molar-refractivity contribution in [2.45, 2.75) is 50.1 Å². The van der Waals surface area contributed by atoms with Crippen LogP contribution in [0.4, 0.5) is 20.2 Å². The maximum atomic E-state index is 15.0. The first-order chi connectivity index (χ1) is 13.4. The summed E-state index contributed by atoms with van der Waals surface area (Å²) in [4.78, 5) is 27.6. The fraction of sp³-hybridized carbons (Fsp3) is 0.600. The summed E-state index contributed by atoms with van der Waals surface area (Å²) in [5.41, 5.74) is 1.00. The van der Waals surface area contributed by atoms with Crippen molar-refractivity contribution >= 4 is 23.2 Å². The van der Waals surface area contributed by atoms with Gasteiger partial charge in [0.05, 0.1) is 5.56 Å². The van der Waals surface area contributed by atoms with Crippen LogP contribution in [0.2, 0.25) is 0 Å². The highest BCUT2D eigenvalue weighted by Gasteiger charge is 2.45. The number of nitrogens with one attached hydrogen (secondary N) is 2. The first-order valence-electron chi connectivity index (χ1n) is 9.94. The summed E-state index contributed by atoms with van der Waals surface area (Å²) in [5.74, 6) is -3.64. The molecule has 0 aromatic heterocycles. The highest BCUT2D eigenvalue weighted by Crippen LogP contribution is 2.48. The Balaban J connectivity index is 1.69. The summed E-state index contributed by atoms with van der Waals surface area (Å²) in [5, 5.41) is 5.60. The van der Waals surface area contributed by atoms with Crippen LogP contribution in [-0.2, 0) is 15.5 Å². The number of amides is 2. The van der Waals surface area contributed by atoms with Crippen LogP contribution in [0.1, 0.15) is 37.7 Å². The first-order valence-corrected chi connectivity index (χ1v) is 9.94. The Morgan fingerprint density at radius 1 is 1.11 bits per heavy atom. The van der Waals surface area contributed by atoms with Gasteiger partial charge in [-0.2, -0.15) is 0 Å². The van der Waals surface area contributed by atoms with Gasteiger partial charge >= 0.3 is 0 Å². The van der Waals surface area contributed by atoms with E-state index in [1.54, 1.807) is 23.1 Å². The lowest BCUT2D eigenvalue weighted by molar-refractivity contribution is -0.134. The number of alkyl halides is 2. The molecule has 1 aromatic rings. The highest BCUT2D eigenvalue weighted by molar-refractivity contribution is 6.02. The Bertz CT molecular complexity index is 777. The Kier molecular flexibility index (Phi) is 4.99. The average molecular weight is 392 g/mol. The van der Waals surface area contributed by atoms with Crippen molar-refractivity contribution in [1.82, 2.24) is 10.6 Å². The van der Waals surface area contributed by atoms with Crippen LogP contribution in [0.15, 0.2) is 18.2 Å². The van der Waals surface area contributed by atoms with E-state index in [0.29, 0.717) is 23.8 Å². The van der Waals surface area contributed by atoms with Crippen LogP contribution in [-0.4, -0.2) is 50.6 Å². The number of halogens is 2. The van der Waals surface area contributed by atoms with Crippen molar-refractivity contribution in [3.05, 3.63) is 23.8 Å². The molecule has 8 heteroatoms. The summed E-state index contributed by atoms with van der Waals surface area (Å²) in [6, 6.07) is 5.06. The number of piperidine rings is 2. The van der Waals surface area contributed by atoms with Crippen LogP contribution in [0.5, 0.6) is 0 Å². The van der Waals surface area contributed by atoms with Gasteiger partial charge in [0.15, 0.2) is 0 Å². The minimum absolute atomic E-state index is 0.0221. The second-order valence-corrected chi connectivity index (χ2v) is 7.84. The van der Waals surface area contributed by atoms with Crippen molar-refractivity contribution in [2.24, 2.45) is 0 Å². The van der Waals surface area contributed by atoms with Gasteiger partial charge in [-0.05, 0) is 38.4 Å². The van der Waals surface area contributed by atoms with Gasteiger partial charge in [-0.15, -0.1) is 0 Å². The standard InChI is InChI=1S/C20H26F2N4O2/c1-23-13-7-10-25(11-8-13)14-3-2-4-15-18(14)20(21,22)9-12-26(15)16-5-6-17(27)24-19(16)28/h2-4,13,16,23H,5-12H2,1H3,(H,24,27,28). The largest absolute Gasteiger partial charge is 0.371 e. The molecule has 2 saturated heterocycles. The molecule has 1 unspecified atom stereocenters. The van der Waals surface area contributed by atoms with Gasteiger partial charge in [-0.25, -0.2) is 8.78 Å². The molecule has 1 atom stereocenters. The van der Waals surface area contributed by atoms with Crippen molar-refractivity contribution in [3.63, 3.8) is 0 Å². The molecule has 3 heterocycles. The Morgan fingerprint density at radius 3 is 2.50 bits per heavy atom. The van der Waals surface area contributed by atoms with Gasteiger partial charge in [0, 0.05) is 49.9 Å². The minimum atomic E-state index is -2.94. The molecule has 2 N–H and O–H groups in total. The van der Waals surface area contributed by atoms with Crippen molar-refractivity contribution < 1.29 is 18.4 Å². The van der Waals surface area contributed by atoms with Gasteiger partial charge in [0.2, 0.25) is 11.8 Å². The van der Waals surface area contributed by atoms with Gasteiger partial charge in [0.25, 0.3) is 5.92 Å². The third-order valence-electron chi connectivity index (χ3n) is 6.19. The van der Waals surface area contributed by atoms with E-state index in [1.807, 2.05) is 11.9 Å². The van der Waals surface area contributed by atoms with Crippen molar-refractivity contribution in [2.75, 3.05) is 36.5 Å². The topological polar surface area (TPSA) is 64.7 Å². The minimum Gasteiger partial charge on any atom is -0.371 e. The molecule has 3 aliphatic rings. The molecule has 2 amide bonds. The molecule has 0 saturated carbocycles. The third-order valence-corrected chi connectivity index (χ3v) is 6.19. The smallest absolute Gasteiger partial charge is 0.278 e. The number of rotatable bonds is 3. The van der Waals surface area contributed by atoms with Crippen LogP contribution in [0, 0.1) is 0 Å². The van der Waals surface area contributed by atoms with Crippen LogP contribution >= 0.6 is 0 Å². The number of carbonyl (C=O) groups is 2. The number of fused-ring (bicyclic) bond motifs is 1. The zero-order chi connectivity index (χ0) is 19.9. The number of nitrogens with zero attached hydrogens (tertiary/aromatic N) is 2. The van der Waals surface area contributed by atoms with E-state index in [4.69, 9.17) is 0 Å². The van der Waals surface area contributed by atoms with Crippen LogP contribution < -0.4 is 20.4 Å². The zero-order valence-corrected chi connectivity index (χ0v) is 16.0. The lowest BCUT2D eigenvalue weighted by atomic mass is 9.91. The number of anilines is 2. The molecule has 0 radical (unpaired) electrons. The Morgan fingerprint density at radius 2 is 1.82 bits per heavy atom. The number of carbonyl (C=O) groups excluding carboxylic acids is 2. The fourth-order valence-corrected chi connectivity index (χ4v) is 4.62. The third kappa shape index (κ3) is 3.34. The molecule has 0 spiro atoms. The van der Waals surface area contributed by atoms with E-state index in [2.05, 4.69) is 10.6 Å². The molecule has 2 fully saturated rings. The number of hydrogen-bond donors (Lipinski definition) is 2. The second-order valence-electron chi connectivity index (χ2n) is 7.84. The molecule has 28 heavy (non-hydrogen) atoms. The number of benzene rings is 1. The Hall–Kier alpha value is -2.22. The first kappa shape index (κ1) is 19.1. The molecule has 0 aliphatic carbocycles. The molecular weight excluding hydrogens is 366 g/mol.